The van der Waals surface area contributed by atoms with E-state index < -0.39 is 0 Å². The van der Waals surface area contributed by atoms with Gasteiger partial charge in [-0.2, -0.15) is 0 Å². The molecule has 2 heterocycles. The van der Waals surface area contributed by atoms with Gasteiger partial charge in [0.15, 0.2) is 10.9 Å². The third-order valence-corrected chi connectivity index (χ3v) is 5.01. The van der Waals surface area contributed by atoms with Gasteiger partial charge >= 0.3 is 0 Å². The number of aromatic nitrogens is 2. The number of nitrogens with zero attached hydrogens (tertiary/aromatic N) is 2. The van der Waals surface area contributed by atoms with Crippen LogP contribution in [0.1, 0.15) is 18.4 Å². The Kier molecular flexibility index (Phi) is 5.93. The molecule has 1 fully saturated rings. The summed E-state index contributed by atoms with van der Waals surface area (Å²) in [5.41, 5.74) is 0.958. The Morgan fingerprint density at radius 2 is 1.92 bits per heavy atom. The van der Waals surface area contributed by atoms with Crippen molar-refractivity contribution in [3.05, 3.63) is 52.6 Å². The van der Waals surface area contributed by atoms with E-state index in [1.54, 1.807) is 12.4 Å². The number of nitrogens with one attached hydrogen (secondary N) is 2. The first kappa shape index (κ1) is 18.2. The molecular weight excluding hydrogens is 407 g/mol. The van der Waals surface area contributed by atoms with Crippen molar-refractivity contribution in [1.82, 2.24) is 15.3 Å². The van der Waals surface area contributed by atoms with Crippen LogP contribution in [0, 0.1) is 5.82 Å². The third kappa shape index (κ3) is 4.71. The van der Waals surface area contributed by atoms with Gasteiger partial charge in [0.1, 0.15) is 10.4 Å². The van der Waals surface area contributed by atoms with E-state index in [1.807, 2.05) is 12.1 Å². The van der Waals surface area contributed by atoms with Gasteiger partial charge in [0.2, 0.25) is 0 Å². The predicted molar refractivity (Wildman–Crippen MR) is 102 cm³/mol. The molecular formula is C17H18BrFN4OS. The second kappa shape index (κ2) is 8.16. The fourth-order valence-electron chi connectivity index (χ4n) is 2.92. The van der Waals surface area contributed by atoms with Crippen LogP contribution in [-0.2, 0) is 10.2 Å². The van der Waals surface area contributed by atoms with Gasteiger partial charge in [-0.25, -0.2) is 14.4 Å². The number of rotatable bonds is 4. The predicted octanol–water partition coefficient (Wildman–Crippen LogP) is 3.41. The molecule has 8 heteroatoms. The van der Waals surface area contributed by atoms with Gasteiger partial charge in [0.25, 0.3) is 0 Å². The Balaban J connectivity index is 1.67. The molecule has 2 aromatic rings. The van der Waals surface area contributed by atoms with Gasteiger partial charge in [-0.1, -0.05) is 12.1 Å². The number of anilines is 1. The molecule has 1 aliphatic heterocycles. The van der Waals surface area contributed by atoms with Crippen LogP contribution in [0.5, 0.6) is 0 Å². The van der Waals surface area contributed by atoms with Crippen molar-refractivity contribution >= 4 is 39.1 Å². The average molecular weight is 425 g/mol. The third-order valence-electron chi connectivity index (χ3n) is 4.36. The number of thiocarbonyl (C=S) groups is 1. The summed E-state index contributed by atoms with van der Waals surface area (Å²) >= 11 is 8.61. The molecule has 1 aromatic heterocycles. The van der Waals surface area contributed by atoms with Gasteiger partial charge < -0.3 is 15.4 Å². The van der Waals surface area contributed by atoms with Crippen molar-refractivity contribution < 1.29 is 9.13 Å². The van der Waals surface area contributed by atoms with E-state index in [-0.39, 0.29) is 11.2 Å². The van der Waals surface area contributed by atoms with Crippen LogP contribution in [0.25, 0.3) is 0 Å². The molecule has 0 saturated carbocycles. The Morgan fingerprint density at radius 3 is 2.56 bits per heavy atom. The fourth-order valence-corrected chi connectivity index (χ4v) is 3.30. The van der Waals surface area contributed by atoms with E-state index in [0.717, 1.165) is 18.4 Å². The minimum Gasteiger partial charge on any atom is -0.381 e. The maximum atomic E-state index is 13.3. The molecule has 1 aliphatic rings. The zero-order chi connectivity index (χ0) is 17.7. The molecule has 1 aromatic carbocycles. The quantitative estimate of drug-likeness (QED) is 0.733. The van der Waals surface area contributed by atoms with Crippen LogP contribution < -0.4 is 10.6 Å². The van der Waals surface area contributed by atoms with Crippen LogP contribution in [-0.4, -0.2) is 34.8 Å². The minimum absolute atomic E-state index is 0.136. The average Bonchev–Trinajstić information content (AvgIpc) is 2.63. The smallest absolute Gasteiger partial charge is 0.172 e. The van der Waals surface area contributed by atoms with Crippen molar-refractivity contribution in [2.75, 3.05) is 25.1 Å². The molecule has 0 spiro atoms. The first-order valence-corrected chi connectivity index (χ1v) is 9.14. The molecule has 0 bridgehead atoms. The van der Waals surface area contributed by atoms with Crippen LogP contribution >= 0.6 is 28.1 Å². The summed E-state index contributed by atoms with van der Waals surface area (Å²) in [7, 11) is 0. The minimum atomic E-state index is -0.232. The Labute approximate surface area is 159 Å². The first-order valence-electron chi connectivity index (χ1n) is 7.94. The lowest BCUT2D eigenvalue weighted by atomic mass is 9.74. The van der Waals surface area contributed by atoms with Crippen LogP contribution in [0.3, 0.4) is 0 Å². The molecule has 0 aliphatic carbocycles. The lowest BCUT2D eigenvalue weighted by molar-refractivity contribution is 0.0515. The fraction of sp³-hybridized carbons (Fsp3) is 0.353. The SMILES string of the molecule is Fc1ccc(C2(CNC(=S)Nc3cnc(Br)cn3)CCOCC2)cc1. The van der Waals surface area contributed by atoms with Crippen molar-refractivity contribution in [3.63, 3.8) is 0 Å². The summed E-state index contributed by atoms with van der Waals surface area (Å²) in [4.78, 5) is 8.29. The number of hydrogen-bond acceptors (Lipinski definition) is 4. The summed E-state index contributed by atoms with van der Waals surface area (Å²) in [6.45, 7) is 1.99. The van der Waals surface area contributed by atoms with Crippen LogP contribution in [0.4, 0.5) is 10.2 Å². The van der Waals surface area contributed by atoms with E-state index in [2.05, 4.69) is 36.5 Å². The zero-order valence-electron chi connectivity index (χ0n) is 13.5. The standard InChI is InChI=1S/C17H18BrFN4OS/c18-14-9-21-15(10-20-14)23-16(25)22-11-17(5-7-24-8-6-17)12-1-3-13(19)4-2-12/h1-4,9-10H,5-8,11H2,(H2,21,22,23,25). The van der Waals surface area contributed by atoms with E-state index >= 15 is 0 Å². The van der Waals surface area contributed by atoms with Crippen LogP contribution in [0.2, 0.25) is 0 Å². The molecule has 0 unspecified atom stereocenters. The summed E-state index contributed by atoms with van der Waals surface area (Å²) in [5, 5.41) is 6.76. The molecule has 0 radical (unpaired) electrons. The normalized spacial score (nSPS) is 16.2. The lowest BCUT2D eigenvalue weighted by Gasteiger charge is -2.38. The molecule has 0 amide bonds. The van der Waals surface area contributed by atoms with E-state index in [4.69, 9.17) is 17.0 Å². The largest absolute Gasteiger partial charge is 0.381 e. The topological polar surface area (TPSA) is 59.1 Å². The number of ether oxygens (including phenoxy) is 1. The van der Waals surface area contributed by atoms with E-state index in [0.29, 0.717) is 35.3 Å². The summed E-state index contributed by atoms with van der Waals surface area (Å²) < 4.78 is 19.4. The number of halogens is 2. The first-order chi connectivity index (χ1) is 12.1. The molecule has 25 heavy (non-hydrogen) atoms. The molecule has 3 rings (SSSR count). The monoisotopic (exact) mass is 424 g/mol. The van der Waals surface area contributed by atoms with Crippen molar-refractivity contribution in [2.24, 2.45) is 0 Å². The maximum Gasteiger partial charge on any atom is 0.172 e. The van der Waals surface area contributed by atoms with Gasteiger partial charge in [0.05, 0.1) is 12.4 Å². The molecule has 2 N–H and O–H groups in total. The van der Waals surface area contributed by atoms with Crippen molar-refractivity contribution in [1.29, 1.82) is 0 Å². The summed E-state index contributed by atoms with van der Waals surface area (Å²) in [6.07, 6.45) is 4.91. The molecule has 5 nitrogen and oxygen atoms in total. The van der Waals surface area contributed by atoms with Gasteiger partial charge in [-0.3, -0.25) is 0 Å². The Bertz CT molecular complexity index is 720. The second-order valence-electron chi connectivity index (χ2n) is 5.93. The summed E-state index contributed by atoms with van der Waals surface area (Å²) in [5.74, 6) is 0.341. The maximum absolute atomic E-state index is 13.3. The Hall–Kier alpha value is -1.64. The number of hydrogen-bond donors (Lipinski definition) is 2. The molecule has 1 saturated heterocycles. The summed E-state index contributed by atoms with van der Waals surface area (Å²) in [6, 6.07) is 6.69. The Morgan fingerprint density at radius 1 is 1.20 bits per heavy atom. The highest BCUT2D eigenvalue weighted by atomic mass is 79.9. The van der Waals surface area contributed by atoms with Crippen molar-refractivity contribution in [2.45, 2.75) is 18.3 Å². The number of benzene rings is 1. The highest BCUT2D eigenvalue weighted by Gasteiger charge is 2.34. The second-order valence-corrected chi connectivity index (χ2v) is 7.15. The zero-order valence-corrected chi connectivity index (χ0v) is 15.9. The van der Waals surface area contributed by atoms with Gasteiger partial charge in [0, 0.05) is 25.2 Å². The van der Waals surface area contributed by atoms with E-state index in [9.17, 15) is 4.39 Å². The molecule has 132 valence electrons. The lowest BCUT2D eigenvalue weighted by Crippen LogP contribution is -2.45. The van der Waals surface area contributed by atoms with E-state index in [1.165, 1.54) is 12.1 Å². The van der Waals surface area contributed by atoms with Crippen molar-refractivity contribution in [3.8, 4) is 0 Å². The highest BCUT2D eigenvalue weighted by Crippen LogP contribution is 2.34. The molecule has 0 atom stereocenters. The van der Waals surface area contributed by atoms with Crippen LogP contribution in [0.15, 0.2) is 41.3 Å². The highest BCUT2D eigenvalue weighted by molar-refractivity contribution is 9.10. The van der Waals surface area contributed by atoms with Gasteiger partial charge in [-0.05, 0) is 58.7 Å². The van der Waals surface area contributed by atoms with Gasteiger partial charge in [-0.15, -0.1) is 0 Å².